The van der Waals surface area contributed by atoms with Crippen molar-refractivity contribution in [3.8, 4) is 0 Å². The van der Waals surface area contributed by atoms with Crippen LogP contribution in [0, 0.1) is 11.8 Å². The number of nitrogens with one attached hydrogen (secondary N) is 2. The minimum absolute atomic E-state index is 0.150. The number of piperidine rings is 1. The van der Waals surface area contributed by atoms with Crippen LogP contribution < -0.4 is 15.5 Å². The molecule has 1 amide bonds. The monoisotopic (exact) mass is 384 g/mol. The summed E-state index contributed by atoms with van der Waals surface area (Å²) in [5, 5.41) is 10.8. The minimum atomic E-state index is 0.150. The van der Waals surface area contributed by atoms with Gasteiger partial charge >= 0.3 is 0 Å². The van der Waals surface area contributed by atoms with Gasteiger partial charge < -0.3 is 20.1 Å². The number of anilines is 1. The SMILES string of the molecule is CC(C)NC(=O)C[C@@H]1CCNC[C@@H]1Cc1cc(CN(C)c2ccccc2)on1. The lowest BCUT2D eigenvalue weighted by atomic mass is 9.81. The Kier molecular flexibility index (Phi) is 7.09. The molecule has 0 radical (unpaired) electrons. The predicted molar refractivity (Wildman–Crippen MR) is 111 cm³/mol. The van der Waals surface area contributed by atoms with Gasteiger partial charge in [-0.15, -0.1) is 0 Å². The molecular weight excluding hydrogens is 352 g/mol. The summed E-state index contributed by atoms with van der Waals surface area (Å²) < 4.78 is 5.58. The molecule has 6 nitrogen and oxygen atoms in total. The van der Waals surface area contributed by atoms with Gasteiger partial charge in [0.15, 0.2) is 5.76 Å². The molecule has 28 heavy (non-hydrogen) atoms. The van der Waals surface area contributed by atoms with Crippen molar-refractivity contribution in [1.82, 2.24) is 15.8 Å². The molecule has 0 bridgehead atoms. The van der Waals surface area contributed by atoms with Crippen LogP contribution in [0.5, 0.6) is 0 Å². The summed E-state index contributed by atoms with van der Waals surface area (Å²) in [5.41, 5.74) is 2.12. The maximum absolute atomic E-state index is 12.2. The number of hydrogen-bond donors (Lipinski definition) is 2. The first-order valence-corrected chi connectivity index (χ1v) is 10.2. The van der Waals surface area contributed by atoms with Crippen molar-refractivity contribution in [2.24, 2.45) is 11.8 Å². The van der Waals surface area contributed by atoms with Gasteiger partial charge in [-0.3, -0.25) is 4.79 Å². The molecule has 1 fully saturated rings. The highest BCUT2D eigenvalue weighted by atomic mass is 16.5. The number of hydrogen-bond acceptors (Lipinski definition) is 5. The van der Waals surface area contributed by atoms with Crippen LogP contribution in [0.3, 0.4) is 0 Å². The zero-order valence-electron chi connectivity index (χ0n) is 17.1. The van der Waals surface area contributed by atoms with Crippen LogP contribution in [0.1, 0.15) is 38.1 Å². The first kappa shape index (κ1) is 20.4. The van der Waals surface area contributed by atoms with Crippen LogP contribution in [0.15, 0.2) is 40.9 Å². The van der Waals surface area contributed by atoms with Crippen molar-refractivity contribution in [3.05, 3.63) is 47.9 Å². The summed E-state index contributed by atoms with van der Waals surface area (Å²) in [6.07, 6.45) is 2.45. The van der Waals surface area contributed by atoms with Crippen LogP contribution in [0.4, 0.5) is 5.69 Å². The fourth-order valence-electron chi connectivity index (χ4n) is 3.91. The quantitative estimate of drug-likeness (QED) is 0.732. The lowest BCUT2D eigenvalue weighted by Gasteiger charge is -2.31. The molecule has 6 heteroatoms. The van der Waals surface area contributed by atoms with E-state index in [1.165, 1.54) is 0 Å². The topological polar surface area (TPSA) is 70.4 Å². The number of rotatable bonds is 8. The Bertz CT molecular complexity index is 744. The molecule has 1 saturated heterocycles. The second kappa shape index (κ2) is 9.73. The Balaban J connectivity index is 1.57. The number of nitrogens with zero attached hydrogens (tertiary/aromatic N) is 2. The van der Waals surface area contributed by atoms with Gasteiger partial charge in [0.25, 0.3) is 0 Å². The Morgan fingerprint density at radius 1 is 1.32 bits per heavy atom. The number of amides is 1. The van der Waals surface area contributed by atoms with Crippen LogP contribution in [-0.2, 0) is 17.8 Å². The normalized spacial score (nSPS) is 19.6. The summed E-state index contributed by atoms with van der Waals surface area (Å²) in [7, 11) is 2.05. The highest BCUT2D eigenvalue weighted by molar-refractivity contribution is 5.76. The smallest absolute Gasteiger partial charge is 0.220 e. The molecule has 3 rings (SSSR count). The van der Waals surface area contributed by atoms with Crippen molar-refractivity contribution in [3.63, 3.8) is 0 Å². The Morgan fingerprint density at radius 3 is 2.86 bits per heavy atom. The molecule has 0 unspecified atom stereocenters. The lowest BCUT2D eigenvalue weighted by Crippen LogP contribution is -2.41. The second-order valence-electron chi connectivity index (χ2n) is 8.12. The summed E-state index contributed by atoms with van der Waals surface area (Å²) in [6.45, 7) is 6.58. The Hall–Kier alpha value is -2.34. The van der Waals surface area contributed by atoms with Gasteiger partial charge in [0.05, 0.1) is 12.2 Å². The maximum Gasteiger partial charge on any atom is 0.220 e. The number of benzene rings is 1. The summed E-state index contributed by atoms with van der Waals surface area (Å²) >= 11 is 0. The van der Waals surface area contributed by atoms with Crippen LogP contribution >= 0.6 is 0 Å². The van der Waals surface area contributed by atoms with Crippen molar-refractivity contribution >= 4 is 11.6 Å². The van der Waals surface area contributed by atoms with Crippen molar-refractivity contribution in [2.45, 2.75) is 45.7 Å². The van der Waals surface area contributed by atoms with E-state index >= 15 is 0 Å². The second-order valence-corrected chi connectivity index (χ2v) is 8.12. The third-order valence-corrected chi connectivity index (χ3v) is 5.33. The molecule has 0 saturated carbocycles. The van der Waals surface area contributed by atoms with E-state index in [1.807, 2.05) is 39.1 Å². The summed E-state index contributed by atoms with van der Waals surface area (Å²) in [6, 6.07) is 12.5. The number of carbonyl (C=O) groups is 1. The van der Waals surface area contributed by atoms with Gasteiger partial charge in [-0.1, -0.05) is 23.4 Å². The molecule has 1 aromatic carbocycles. The lowest BCUT2D eigenvalue weighted by molar-refractivity contribution is -0.123. The number of para-hydroxylation sites is 1. The molecule has 152 valence electrons. The fraction of sp³-hybridized carbons (Fsp3) is 0.545. The van der Waals surface area contributed by atoms with Gasteiger partial charge in [0.2, 0.25) is 5.91 Å². The third-order valence-electron chi connectivity index (χ3n) is 5.33. The summed E-state index contributed by atoms with van der Waals surface area (Å²) in [4.78, 5) is 14.4. The molecule has 2 atom stereocenters. The molecule has 1 aromatic heterocycles. The Morgan fingerprint density at radius 2 is 2.11 bits per heavy atom. The van der Waals surface area contributed by atoms with Crippen molar-refractivity contribution in [1.29, 1.82) is 0 Å². The average molecular weight is 385 g/mol. The van der Waals surface area contributed by atoms with Gasteiger partial charge in [-0.2, -0.15) is 0 Å². The van der Waals surface area contributed by atoms with Crippen LogP contribution in [-0.4, -0.2) is 37.2 Å². The van der Waals surface area contributed by atoms with Gasteiger partial charge in [0.1, 0.15) is 0 Å². The van der Waals surface area contributed by atoms with Crippen molar-refractivity contribution < 1.29 is 9.32 Å². The minimum Gasteiger partial charge on any atom is -0.367 e. The maximum atomic E-state index is 12.2. The first-order valence-electron chi connectivity index (χ1n) is 10.2. The molecule has 0 aliphatic carbocycles. The largest absolute Gasteiger partial charge is 0.367 e. The zero-order valence-corrected chi connectivity index (χ0v) is 17.1. The summed E-state index contributed by atoms with van der Waals surface area (Å²) in [5.74, 6) is 1.79. The molecule has 0 spiro atoms. The Labute approximate surface area is 167 Å². The van der Waals surface area contributed by atoms with Crippen LogP contribution in [0.2, 0.25) is 0 Å². The molecular formula is C22H32N4O2. The predicted octanol–water partition coefficient (Wildman–Crippen LogP) is 2.99. The van der Waals surface area contributed by atoms with Gasteiger partial charge in [0, 0.05) is 31.3 Å². The first-order chi connectivity index (χ1) is 13.5. The standard InChI is InChI=1S/C22H32N4O2/c1-16(2)24-22(27)12-17-9-10-23-14-18(17)11-19-13-21(28-25-19)15-26(3)20-7-5-4-6-8-20/h4-8,13,16-18,23H,9-12,14-15H2,1-3H3,(H,24,27)/t17-,18-/m0/s1. The average Bonchev–Trinajstić information content (AvgIpc) is 3.10. The third kappa shape index (κ3) is 5.83. The highest BCUT2D eigenvalue weighted by Crippen LogP contribution is 2.26. The van der Waals surface area contributed by atoms with E-state index in [9.17, 15) is 4.79 Å². The molecule has 2 N–H and O–H groups in total. The van der Waals surface area contributed by atoms with E-state index in [2.05, 4.69) is 38.9 Å². The zero-order chi connectivity index (χ0) is 19.9. The van der Waals surface area contributed by atoms with Gasteiger partial charge in [-0.05, 0) is 63.7 Å². The number of carbonyl (C=O) groups excluding carboxylic acids is 1. The van der Waals surface area contributed by atoms with Crippen LogP contribution in [0.25, 0.3) is 0 Å². The molecule has 2 heterocycles. The highest BCUT2D eigenvalue weighted by Gasteiger charge is 2.28. The van der Waals surface area contributed by atoms with E-state index < -0.39 is 0 Å². The number of aromatic nitrogens is 1. The fourth-order valence-corrected chi connectivity index (χ4v) is 3.91. The van der Waals surface area contributed by atoms with Gasteiger partial charge in [-0.25, -0.2) is 0 Å². The van der Waals surface area contributed by atoms with E-state index in [4.69, 9.17) is 4.52 Å². The van der Waals surface area contributed by atoms with E-state index in [-0.39, 0.29) is 11.9 Å². The molecule has 1 aliphatic heterocycles. The van der Waals surface area contributed by atoms with E-state index in [0.29, 0.717) is 24.8 Å². The molecule has 1 aliphatic rings. The van der Waals surface area contributed by atoms with Crippen molar-refractivity contribution in [2.75, 3.05) is 25.0 Å². The van der Waals surface area contributed by atoms with E-state index in [0.717, 1.165) is 43.1 Å². The van der Waals surface area contributed by atoms with E-state index in [1.54, 1.807) is 0 Å². The molecule has 2 aromatic rings.